The fourth-order valence-electron chi connectivity index (χ4n) is 3.27. The maximum Gasteiger partial charge on any atom is 0.433 e. The van der Waals surface area contributed by atoms with Gasteiger partial charge in [0, 0.05) is 36.5 Å². The zero-order chi connectivity index (χ0) is 22.9. The maximum atomic E-state index is 12.9. The number of alkyl halides is 3. The number of anilines is 1. The van der Waals surface area contributed by atoms with E-state index in [9.17, 15) is 18.0 Å². The second kappa shape index (κ2) is 8.33. The SMILES string of the molecule is CCCc1cc(Oc2ccc3c(ccn3C(=O)Nc3cc(C(F)(F)F)n(C)n3)c2)ncn1. The van der Waals surface area contributed by atoms with Crippen molar-refractivity contribution in [3.63, 3.8) is 0 Å². The lowest BCUT2D eigenvalue weighted by Crippen LogP contribution is -2.18. The van der Waals surface area contributed by atoms with Crippen molar-refractivity contribution < 1.29 is 22.7 Å². The molecule has 0 aliphatic rings. The summed E-state index contributed by atoms with van der Waals surface area (Å²) in [4.78, 5) is 20.9. The Labute approximate surface area is 180 Å². The lowest BCUT2D eigenvalue weighted by atomic mass is 10.2. The van der Waals surface area contributed by atoms with Gasteiger partial charge < -0.3 is 4.74 Å². The van der Waals surface area contributed by atoms with E-state index >= 15 is 0 Å². The number of amides is 1. The van der Waals surface area contributed by atoms with Crippen LogP contribution in [0.2, 0.25) is 0 Å². The van der Waals surface area contributed by atoms with Crippen LogP contribution < -0.4 is 10.1 Å². The number of hydrogen-bond acceptors (Lipinski definition) is 5. The smallest absolute Gasteiger partial charge is 0.433 e. The van der Waals surface area contributed by atoms with Gasteiger partial charge in [0.2, 0.25) is 5.88 Å². The number of nitrogens with zero attached hydrogens (tertiary/aromatic N) is 5. The number of nitrogens with one attached hydrogen (secondary N) is 1. The summed E-state index contributed by atoms with van der Waals surface area (Å²) in [6, 6.07) is 8.71. The first-order valence-corrected chi connectivity index (χ1v) is 9.77. The highest BCUT2D eigenvalue weighted by Gasteiger charge is 2.35. The van der Waals surface area contributed by atoms with Crippen molar-refractivity contribution in [1.82, 2.24) is 24.3 Å². The maximum absolute atomic E-state index is 12.9. The van der Waals surface area contributed by atoms with E-state index in [0.29, 0.717) is 27.2 Å². The molecule has 0 radical (unpaired) electrons. The van der Waals surface area contributed by atoms with Crippen LogP contribution >= 0.6 is 0 Å². The minimum atomic E-state index is -4.57. The van der Waals surface area contributed by atoms with Crippen molar-refractivity contribution in [2.45, 2.75) is 25.9 Å². The number of ether oxygens (including phenoxy) is 1. The number of hydrogen-bond donors (Lipinski definition) is 1. The average molecular weight is 444 g/mol. The van der Waals surface area contributed by atoms with Gasteiger partial charge in [0.05, 0.1) is 5.52 Å². The Bertz CT molecular complexity index is 1280. The molecule has 32 heavy (non-hydrogen) atoms. The number of fused-ring (bicyclic) bond motifs is 1. The van der Waals surface area contributed by atoms with Crippen molar-refractivity contribution in [3.8, 4) is 11.6 Å². The molecule has 0 aliphatic heterocycles. The minimum Gasteiger partial charge on any atom is -0.439 e. The molecule has 0 unspecified atom stereocenters. The Hall–Kier alpha value is -3.89. The first kappa shape index (κ1) is 21.3. The topological polar surface area (TPSA) is 86.9 Å². The first-order valence-electron chi connectivity index (χ1n) is 9.77. The van der Waals surface area contributed by atoms with Gasteiger partial charge in [-0.25, -0.2) is 14.8 Å². The van der Waals surface area contributed by atoms with Crippen LogP contribution in [0.15, 0.2) is 48.9 Å². The van der Waals surface area contributed by atoms with Gasteiger partial charge in [0.25, 0.3) is 0 Å². The Morgan fingerprint density at radius 2 is 1.97 bits per heavy atom. The predicted molar refractivity (Wildman–Crippen MR) is 111 cm³/mol. The Morgan fingerprint density at radius 1 is 1.16 bits per heavy atom. The zero-order valence-electron chi connectivity index (χ0n) is 17.2. The predicted octanol–water partition coefficient (Wildman–Crippen LogP) is 5.01. The van der Waals surface area contributed by atoms with Crippen LogP contribution in [0.5, 0.6) is 11.6 Å². The molecule has 3 aromatic heterocycles. The van der Waals surface area contributed by atoms with E-state index in [1.807, 2.05) is 0 Å². The van der Waals surface area contributed by atoms with E-state index in [2.05, 4.69) is 27.3 Å². The number of aryl methyl sites for hydroxylation is 2. The van der Waals surface area contributed by atoms with Crippen LogP contribution in [0.1, 0.15) is 24.7 Å². The van der Waals surface area contributed by atoms with E-state index in [1.165, 1.54) is 17.1 Å². The van der Waals surface area contributed by atoms with Crippen LogP contribution in [-0.2, 0) is 19.6 Å². The van der Waals surface area contributed by atoms with Gasteiger partial charge in [0.1, 0.15) is 17.8 Å². The van der Waals surface area contributed by atoms with Gasteiger partial charge in [-0.3, -0.25) is 14.6 Å². The summed E-state index contributed by atoms with van der Waals surface area (Å²) in [5.74, 6) is 0.741. The lowest BCUT2D eigenvalue weighted by Gasteiger charge is -2.07. The number of carbonyl (C=O) groups excluding carboxylic acids is 1. The molecule has 8 nitrogen and oxygen atoms in total. The van der Waals surface area contributed by atoms with Gasteiger partial charge >= 0.3 is 12.2 Å². The Morgan fingerprint density at radius 3 is 2.69 bits per heavy atom. The number of rotatable bonds is 5. The molecule has 0 bridgehead atoms. The summed E-state index contributed by atoms with van der Waals surface area (Å²) in [5, 5.41) is 6.80. The number of aromatic nitrogens is 5. The quantitative estimate of drug-likeness (QED) is 0.468. The molecule has 4 aromatic rings. The van der Waals surface area contributed by atoms with Gasteiger partial charge in [-0.2, -0.15) is 18.3 Å². The number of benzene rings is 1. The third kappa shape index (κ3) is 4.41. The molecule has 3 heterocycles. The van der Waals surface area contributed by atoms with E-state index in [1.54, 1.807) is 30.3 Å². The molecular weight excluding hydrogens is 425 g/mol. The molecular formula is C21H19F3N6O2. The Kier molecular flexibility index (Phi) is 5.56. The molecule has 0 saturated heterocycles. The summed E-state index contributed by atoms with van der Waals surface area (Å²) in [6.07, 6.45) is 0.162. The average Bonchev–Trinajstić information content (AvgIpc) is 3.31. The number of carbonyl (C=O) groups is 1. The lowest BCUT2D eigenvalue weighted by molar-refractivity contribution is -0.143. The molecule has 0 spiro atoms. The standard InChI is InChI=1S/C21H19F3N6O2/c1-3-4-14-10-19(26-12-25-14)32-15-5-6-16-13(9-15)7-8-30(16)20(31)27-18-11-17(21(22,23)24)29(2)28-18/h5-12H,3-4H2,1-2H3,(H,27,28,31). The molecule has 1 aromatic carbocycles. The molecule has 1 N–H and O–H groups in total. The van der Waals surface area contributed by atoms with Crippen molar-refractivity contribution >= 4 is 22.8 Å². The normalized spacial score (nSPS) is 11.7. The van der Waals surface area contributed by atoms with Crippen molar-refractivity contribution in [1.29, 1.82) is 0 Å². The van der Waals surface area contributed by atoms with Gasteiger partial charge in [0.15, 0.2) is 5.82 Å². The second-order valence-electron chi connectivity index (χ2n) is 7.07. The van der Waals surface area contributed by atoms with Gasteiger partial charge in [-0.05, 0) is 30.7 Å². The van der Waals surface area contributed by atoms with E-state index in [0.717, 1.165) is 31.6 Å². The van der Waals surface area contributed by atoms with E-state index in [4.69, 9.17) is 4.74 Å². The zero-order valence-corrected chi connectivity index (χ0v) is 17.2. The van der Waals surface area contributed by atoms with Crippen molar-refractivity contribution in [2.75, 3.05) is 5.32 Å². The summed E-state index contributed by atoms with van der Waals surface area (Å²) in [7, 11) is 1.16. The fraction of sp³-hybridized carbons (Fsp3) is 0.238. The third-order valence-electron chi connectivity index (χ3n) is 4.71. The molecule has 1 amide bonds. The van der Waals surface area contributed by atoms with Crippen LogP contribution in [0.3, 0.4) is 0 Å². The molecule has 4 rings (SSSR count). The minimum absolute atomic E-state index is 0.196. The van der Waals surface area contributed by atoms with Crippen molar-refractivity contribution in [3.05, 3.63) is 60.3 Å². The molecule has 0 fully saturated rings. The molecule has 0 aliphatic carbocycles. The van der Waals surface area contributed by atoms with Crippen LogP contribution in [0, 0.1) is 0 Å². The first-order chi connectivity index (χ1) is 15.2. The van der Waals surface area contributed by atoms with E-state index < -0.39 is 17.9 Å². The Balaban J connectivity index is 1.53. The highest BCUT2D eigenvalue weighted by molar-refractivity contribution is 5.98. The summed E-state index contributed by atoms with van der Waals surface area (Å²) in [6.45, 7) is 2.06. The molecule has 11 heteroatoms. The highest BCUT2D eigenvalue weighted by atomic mass is 19.4. The summed E-state index contributed by atoms with van der Waals surface area (Å²) >= 11 is 0. The fourth-order valence-corrected chi connectivity index (χ4v) is 3.27. The molecule has 0 atom stereocenters. The van der Waals surface area contributed by atoms with Crippen LogP contribution in [-0.4, -0.2) is 30.3 Å². The van der Waals surface area contributed by atoms with E-state index in [-0.39, 0.29) is 5.82 Å². The summed E-state index contributed by atoms with van der Waals surface area (Å²) < 4.78 is 46.6. The van der Waals surface area contributed by atoms with Crippen LogP contribution in [0.25, 0.3) is 10.9 Å². The molecule has 166 valence electrons. The molecule has 0 saturated carbocycles. The van der Waals surface area contributed by atoms with Crippen LogP contribution in [0.4, 0.5) is 23.8 Å². The van der Waals surface area contributed by atoms with Gasteiger partial charge in [-0.1, -0.05) is 13.3 Å². The second-order valence-corrected chi connectivity index (χ2v) is 7.07. The largest absolute Gasteiger partial charge is 0.439 e. The summed E-state index contributed by atoms with van der Waals surface area (Å²) in [5.41, 5.74) is 0.472. The van der Waals surface area contributed by atoms with Crippen molar-refractivity contribution in [2.24, 2.45) is 7.05 Å². The van der Waals surface area contributed by atoms with Gasteiger partial charge in [-0.15, -0.1) is 0 Å². The highest BCUT2D eigenvalue weighted by Crippen LogP contribution is 2.30. The number of halogens is 3. The third-order valence-corrected chi connectivity index (χ3v) is 4.71. The monoisotopic (exact) mass is 444 g/mol.